The normalized spacial score (nSPS) is 18.9. The van der Waals surface area contributed by atoms with Gasteiger partial charge in [-0.05, 0) is 51.1 Å². The smallest absolute Gasteiger partial charge is 0.306 e. The second kappa shape index (κ2) is 9.04. The van der Waals surface area contributed by atoms with E-state index in [-0.39, 0.29) is 22.3 Å². The highest BCUT2D eigenvalue weighted by Gasteiger charge is 2.42. The summed E-state index contributed by atoms with van der Waals surface area (Å²) in [6, 6.07) is 14.6. The number of para-hydroxylation sites is 2. The molecule has 30 heavy (non-hydrogen) atoms. The Hall–Kier alpha value is -2.61. The van der Waals surface area contributed by atoms with Crippen LogP contribution in [0.25, 0.3) is 0 Å². The first-order chi connectivity index (χ1) is 14.3. The van der Waals surface area contributed by atoms with Crippen LogP contribution in [0.2, 0.25) is 0 Å². The predicted molar refractivity (Wildman–Crippen MR) is 121 cm³/mol. The highest BCUT2D eigenvalue weighted by Crippen LogP contribution is 2.36. The van der Waals surface area contributed by atoms with E-state index in [0.29, 0.717) is 29.5 Å². The average molecular weight is 430 g/mol. The van der Waals surface area contributed by atoms with Crippen molar-refractivity contribution in [2.24, 2.45) is 5.73 Å². The SMILES string of the molecule is CCS(=O)(=O)[N+]1(c2ccc(Oc3ccccc3OC(C)C)cc2)C=C(CN)C=CC1. The van der Waals surface area contributed by atoms with E-state index in [4.69, 9.17) is 15.2 Å². The van der Waals surface area contributed by atoms with Gasteiger partial charge in [0.25, 0.3) is 0 Å². The van der Waals surface area contributed by atoms with Crippen molar-refractivity contribution in [2.75, 3.05) is 18.8 Å². The first kappa shape index (κ1) is 22.1. The molecule has 160 valence electrons. The van der Waals surface area contributed by atoms with E-state index < -0.39 is 10.0 Å². The van der Waals surface area contributed by atoms with Crippen molar-refractivity contribution in [3.8, 4) is 17.2 Å². The van der Waals surface area contributed by atoms with Crippen molar-refractivity contribution in [2.45, 2.75) is 26.9 Å². The van der Waals surface area contributed by atoms with Crippen molar-refractivity contribution in [1.29, 1.82) is 0 Å². The number of benzene rings is 2. The second-order valence-electron chi connectivity index (χ2n) is 7.37. The number of sulfonamides is 1. The highest BCUT2D eigenvalue weighted by molar-refractivity contribution is 7.91. The molecule has 0 radical (unpaired) electrons. The van der Waals surface area contributed by atoms with Crippen molar-refractivity contribution in [3.05, 3.63) is 72.5 Å². The van der Waals surface area contributed by atoms with E-state index in [2.05, 4.69) is 0 Å². The number of nitrogens with two attached hydrogens (primary N) is 1. The minimum absolute atomic E-state index is 0.0212. The molecule has 0 saturated carbocycles. The van der Waals surface area contributed by atoms with Gasteiger partial charge in [-0.15, -0.1) is 0 Å². The zero-order chi connectivity index (χ0) is 21.8. The van der Waals surface area contributed by atoms with Crippen molar-refractivity contribution in [1.82, 2.24) is 3.89 Å². The zero-order valence-electron chi connectivity index (χ0n) is 17.6. The lowest BCUT2D eigenvalue weighted by Crippen LogP contribution is -2.51. The summed E-state index contributed by atoms with van der Waals surface area (Å²) in [5.41, 5.74) is 7.22. The van der Waals surface area contributed by atoms with Gasteiger partial charge in [0.1, 0.15) is 18.5 Å². The molecule has 1 aliphatic heterocycles. The van der Waals surface area contributed by atoms with Crippen LogP contribution in [-0.2, 0) is 10.0 Å². The summed E-state index contributed by atoms with van der Waals surface area (Å²) in [5, 5.41) is 0. The number of hydrogen-bond donors (Lipinski definition) is 1. The van der Waals surface area contributed by atoms with Crippen molar-refractivity contribution >= 4 is 15.7 Å². The number of ether oxygens (including phenoxy) is 2. The Kier molecular flexibility index (Phi) is 6.65. The average Bonchev–Trinajstić information content (AvgIpc) is 2.75. The highest BCUT2D eigenvalue weighted by atomic mass is 32.2. The third-order valence-corrected chi connectivity index (χ3v) is 7.08. The van der Waals surface area contributed by atoms with Gasteiger partial charge in [-0.2, -0.15) is 12.3 Å². The Labute approximate surface area is 178 Å². The number of nitrogens with zero attached hydrogens (tertiary/aromatic N) is 1. The van der Waals surface area contributed by atoms with Gasteiger partial charge in [0.2, 0.25) is 0 Å². The Morgan fingerprint density at radius 2 is 1.73 bits per heavy atom. The van der Waals surface area contributed by atoms with E-state index >= 15 is 0 Å². The first-order valence-corrected chi connectivity index (χ1v) is 11.7. The fourth-order valence-corrected chi connectivity index (χ4v) is 4.90. The molecule has 0 amide bonds. The van der Waals surface area contributed by atoms with Crippen LogP contribution in [0.3, 0.4) is 0 Å². The molecule has 1 unspecified atom stereocenters. The van der Waals surface area contributed by atoms with Gasteiger partial charge in [-0.3, -0.25) is 0 Å². The molecule has 0 aromatic heterocycles. The fourth-order valence-electron chi connectivity index (χ4n) is 3.39. The third-order valence-electron chi connectivity index (χ3n) is 4.89. The second-order valence-corrected chi connectivity index (χ2v) is 9.76. The van der Waals surface area contributed by atoms with Crippen LogP contribution in [0.1, 0.15) is 20.8 Å². The third kappa shape index (κ3) is 4.43. The maximum absolute atomic E-state index is 13.1. The van der Waals surface area contributed by atoms with Gasteiger partial charge < -0.3 is 15.2 Å². The molecule has 1 atom stereocenters. The molecule has 1 aliphatic rings. The molecule has 6 nitrogen and oxygen atoms in total. The van der Waals surface area contributed by atoms with Gasteiger partial charge in [-0.25, -0.2) is 0 Å². The fraction of sp³-hybridized carbons (Fsp3) is 0.304. The molecule has 0 fully saturated rings. The monoisotopic (exact) mass is 429 g/mol. The van der Waals surface area contributed by atoms with Crippen molar-refractivity contribution in [3.63, 3.8) is 0 Å². The number of rotatable bonds is 8. The quantitative estimate of drug-likeness (QED) is 0.632. The molecular weight excluding hydrogens is 400 g/mol. The molecule has 2 aromatic carbocycles. The molecule has 0 aliphatic carbocycles. The maximum atomic E-state index is 13.1. The zero-order valence-corrected chi connectivity index (χ0v) is 18.4. The van der Waals surface area contributed by atoms with Crippen LogP contribution in [0.5, 0.6) is 17.2 Å². The topological polar surface area (TPSA) is 78.6 Å². The van der Waals surface area contributed by atoms with Crippen LogP contribution < -0.4 is 19.1 Å². The van der Waals surface area contributed by atoms with Crippen LogP contribution >= 0.6 is 0 Å². The molecule has 2 aromatic rings. The van der Waals surface area contributed by atoms with Gasteiger partial charge in [0, 0.05) is 24.3 Å². The van der Waals surface area contributed by atoms with Gasteiger partial charge >= 0.3 is 10.0 Å². The van der Waals surface area contributed by atoms with E-state index in [9.17, 15) is 8.42 Å². The summed E-state index contributed by atoms with van der Waals surface area (Å²) in [7, 11) is -3.48. The molecule has 0 bridgehead atoms. The predicted octanol–water partition coefficient (Wildman–Crippen LogP) is 4.34. The summed E-state index contributed by atoms with van der Waals surface area (Å²) in [6.45, 7) is 6.18. The van der Waals surface area contributed by atoms with Gasteiger partial charge in [-0.1, -0.05) is 18.2 Å². The van der Waals surface area contributed by atoms with E-state index in [1.54, 1.807) is 37.4 Å². The van der Waals surface area contributed by atoms with Crippen LogP contribution in [0.15, 0.2) is 72.5 Å². The molecule has 7 heteroatoms. The summed E-state index contributed by atoms with van der Waals surface area (Å²) in [6.07, 6.45) is 5.50. The molecule has 0 saturated heterocycles. The van der Waals surface area contributed by atoms with E-state index in [1.165, 1.54) is 0 Å². The molecule has 0 spiro atoms. The standard InChI is InChI=1S/C23H29N2O4S/c1-4-30(26,27)25(15-7-8-19(16-24)17-25)20-11-13-21(14-12-20)29-23-10-6-5-9-22(23)28-18(2)3/h5-14,17-18H,4,15-16,24H2,1-3H3/q+1. The minimum atomic E-state index is -3.48. The van der Waals surface area contributed by atoms with Crippen LogP contribution in [0, 0.1) is 0 Å². The van der Waals surface area contributed by atoms with Gasteiger partial charge in [0.15, 0.2) is 17.2 Å². The molecule has 3 rings (SSSR count). The minimum Gasteiger partial charge on any atom is -0.487 e. The van der Waals surface area contributed by atoms with Crippen molar-refractivity contribution < 1.29 is 17.9 Å². The Balaban J connectivity index is 1.95. The number of hydrogen-bond acceptors (Lipinski definition) is 5. The van der Waals surface area contributed by atoms with Crippen LogP contribution in [0.4, 0.5) is 5.69 Å². The Morgan fingerprint density at radius 3 is 2.33 bits per heavy atom. The first-order valence-electron chi connectivity index (χ1n) is 10.0. The summed E-state index contributed by atoms with van der Waals surface area (Å²) < 4.78 is 37.7. The van der Waals surface area contributed by atoms with Crippen LogP contribution in [-0.4, -0.2) is 33.4 Å². The maximum Gasteiger partial charge on any atom is 0.306 e. The lowest BCUT2D eigenvalue weighted by molar-refractivity contribution is 0.233. The van der Waals surface area contributed by atoms with Gasteiger partial charge in [0.05, 0.1) is 11.9 Å². The molecule has 1 heterocycles. The summed E-state index contributed by atoms with van der Waals surface area (Å²) in [5.74, 6) is 1.88. The summed E-state index contributed by atoms with van der Waals surface area (Å²) in [4.78, 5) is 0. The molecular formula is C23H29N2O4S+. The lowest BCUT2D eigenvalue weighted by atomic mass is 10.2. The molecule has 2 N–H and O–H groups in total. The van der Waals surface area contributed by atoms with E-state index in [0.717, 1.165) is 5.57 Å². The Morgan fingerprint density at radius 1 is 1.07 bits per heavy atom. The lowest BCUT2D eigenvalue weighted by Gasteiger charge is -2.34. The Bertz CT molecular complexity index is 1040. The summed E-state index contributed by atoms with van der Waals surface area (Å²) >= 11 is 0. The number of quaternary nitrogens is 1. The largest absolute Gasteiger partial charge is 0.487 e. The van der Waals surface area contributed by atoms with E-state index in [1.807, 2.05) is 50.3 Å².